The second-order valence-electron chi connectivity index (χ2n) is 4.97. The summed E-state index contributed by atoms with van der Waals surface area (Å²) in [6.45, 7) is 3.43. The number of benzene rings is 1. The van der Waals surface area contributed by atoms with E-state index in [1.807, 2.05) is 0 Å². The van der Waals surface area contributed by atoms with Crippen molar-refractivity contribution in [1.29, 1.82) is 0 Å². The number of amides is 1. The van der Waals surface area contributed by atoms with Crippen LogP contribution in [0, 0.1) is 5.41 Å². The number of carboxylic acid groups (broad SMARTS) is 1. The molecule has 0 fully saturated rings. The average molecular weight is 330 g/mol. The van der Waals surface area contributed by atoms with Crippen LogP contribution in [0.15, 0.2) is 24.3 Å². The third-order valence-electron chi connectivity index (χ3n) is 3.26. The van der Waals surface area contributed by atoms with Gasteiger partial charge in [-0.25, -0.2) is 0 Å². The Balaban J connectivity index is 2.65. The van der Waals surface area contributed by atoms with Crippen molar-refractivity contribution in [2.75, 3.05) is 6.54 Å². The molecule has 0 bridgehead atoms. The Kier molecular flexibility index (Phi) is 6.24. The Morgan fingerprint density at radius 2 is 1.86 bits per heavy atom. The summed E-state index contributed by atoms with van der Waals surface area (Å²) in [6, 6.07) is 4.94. The fourth-order valence-corrected chi connectivity index (χ4v) is 2.08. The van der Waals surface area contributed by atoms with Gasteiger partial charge in [-0.1, -0.05) is 30.1 Å². The molecule has 1 amide bonds. The van der Waals surface area contributed by atoms with E-state index in [-0.39, 0.29) is 12.5 Å². The summed E-state index contributed by atoms with van der Waals surface area (Å²) >= 11 is 11.7. The Morgan fingerprint density at radius 3 is 2.33 bits per heavy atom. The number of aliphatic carboxylic acids is 1. The highest BCUT2D eigenvalue weighted by Gasteiger charge is 2.31. The molecule has 0 aromatic heterocycles. The lowest BCUT2D eigenvalue weighted by molar-refractivity contribution is -0.148. The minimum atomic E-state index is -0.969. The lowest BCUT2D eigenvalue weighted by Crippen LogP contribution is -2.40. The molecule has 4 nitrogen and oxygen atoms in total. The van der Waals surface area contributed by atoms with Crippen LogP contribution >= 0.6 is 23.2 Å². The Labute approximate surface area is 133 Å². The number of carbonyl (C=O) groups excluding carboxylic acids is 1. The van der Waals surface area contributed by atoms with Crippen LogP contribution in [0.1, 0.15) is 25.8 Å². The Bertz CT molecular complexity index is 552. The summed E-state index contributed by atoms with van der Waals surface area (Å²) < 4.78 is 0. The molecule has 0 aliphatic heterocycles. The molecule has 2 N–H and O–H groups in total. The first-order valence-corrected chi connectivity index (χ1v) is 7.18. The molecule has 1 unspecified atom stereocenters. The molecular formula is C15H17Cl2NO3. The van der Waals surface area contributed by atoms with E-state index in [2.05, 4.69) is 5.32 Å². The van der Waals surface area contributed by atoms with Gasteiger partial charge in [0.05, 0.1) is 5.41 Å². The molecule has 0 saturated heterocycles. The van der Waals surface area contributed by atoms with E-state index in [1.54, 1.807) is 38.1 Å². The molecular weight excluding hydrogens is 313 g/mol. The maximum absolute atomic E-state index is 11.7. The van der Waals surface area contributed by atoms with Gasteiger partial charge in [0, 0.05) is 22.7 Å². The fourth-order valence-electron chi connectivity index (χ4n) is 1.54. The third-order valence-corrected chi connectivity index (χ3v) is 3.70. The first-order valence-electron chi connectivity index (χ1n) is 6.42. The lowest BCUT2D eigenvalue weighted by atomic mass is 9.88. The average Bonchev–Trinajstić information content (AvgIpc) is 2.41. The second-order valence-corrected chi connectivity index (χ2v) is 5.85. The largest absolute Gasteiger partial charge is 0.481 e. The normalized spacial score (nSPS) is 13.9. The molecule has 0 aliphatic carbocycles. The second kappa shape index (κ2) is 7.48. The number of hydrogen-bond acceptors (Lipinski definition) is 2. The van der Waals surface area contributed by atoms with Gasteiger partial charge in [-0.3, -0.25) is 9.59 Å². The number of carboxylic acids is 1. The Hall–Kier alpha value is -1.52. The van der Waals surface area contributed by atoms with Crippen molar-refractivity contribution in [3.05, 3.63) is 39.9 Å². The topological polar surface area (TPSA) is 66.4 Å². The van der Waals surface area contributed by atoms with Crippen LogP contribution in [0.5, 0.6) is 0 Å². The van der Waals surface area contributed by atoms with Gasteiger partial charge in [-0.05, 0) is 43.2 Å². The first-order chi connectivity index (χ1) is 9.76. The zero-order chi connectivity index (χ0) is 16.0. The highest BCUT2D eigenvalue weighted by molar-refractivity contribution is 6.34. The molecule has 0 radical (unpaired) electrons. The fraction of sp³-hybridized carbons (Fsp3) is 0.333. The summed E-state index contributed by atoms with van der Waals surface area (Å²) in [6.07, 6.45) is 3.31. The van der Waals surface area contributed by atoms with Crippen LogP contribution in [0.3, 0.4) is 0 Å². The summed E-state index contributed by atoms with van der Waals surface area (Å²) in [5.74, 6) is -1.30. The van der Waals surface area contributed by atoms with E-state index in [9.17, 15) is 9.59 Å². The minimum absolute atomic E-state index is 0.0678. The van der Waals surface area contributed by atoms with Crippen LogP contribution in [0.4, 0.5) is 0 Å². The SMILES string of the molecule is CCC(C)(CNC(=O)/C=C/c1cc(Cl)cc(Cl)c1)C(=O)O. The van der Waals surface area contributed by atoms with Crippen LogP contribution in [0.2, 0.25) is 10.0 Å². The number of halogens is 2. The number of hydrogen-bond donors (Lipinski definition) is 2. The first kappa shape index (κ1) is 17.5. The third kappa shape index (κ3) is 5.40. The smallest absolute Gasteiger partial charge is 0.311 e. The van der Waals surface area contributed by atoms with Gasteiger partial charge in [0.25, 0.3) is 0 Å². The van der Waals surface area contributed by atoms with Crippen molar-refractivity contribution >= 4 is 41.2 Å². The molecule has 0 heterocycles. The van der Waals surface area contributed by atoms with Gasteiger partial charge in [0.2, 0.25) is 5.91 Å². The van der Waals surface area contributed by atoms with Crippen molar-refractivity contribution < 1.29 is 14.7 Å². The van der Waals surface area contributed by atoms with Crippen LogP contribution in [-0.4, -0.2) is 23.5 Å². The standard InChI is InChI=1S/C15H17Cl2NO3/c1-3-15(2,14(20)21)9-18-13(19)5-4-10-6-11(16)8-12(17)7-10/h4-8H,3,9H2,1-2H3,(H,18,19)(H,20,21)/b5-4+. The van der Waals surface area contributed by atoms with Gasteiger partial charge in [0.1, 0.15) is 0 Å². The number of carbonyl (C=O) groups is 2. The zero-order valence-electron chi connectivity index (χ0n) is 11.8. The molecule has 1 aromatic rings. The van der Waals surface area contributed by atoms with E-state index in [1.165, 1.54) is 6.08 Å². The molecule has 114 valence electrons. The van der Waals surface area contributed by atoms with Crippen molar-refractivity contribution in [1.82, 2.24) is 5.32 Å². The maximum Gasteiger partial charge on any atom is 0.311 e. The predicted octanol–water partition coefficient (Wildman–Crippen LogP) is 3.62. The van der Waals surface area contributed by atoms with Gasteiger partial charge >= 0.3 is 5.97 Å². The van der Waals surface area contributed by atoms with E-state index < -0.39 is 11.4 Å². The van der Waals surface area contributed by atoms with Crippen LogP contribution in [0.25, 0.3) is 6.08 Å². The Morgan fingerprint density at radius 1 is 1.29 bits per heavy atom. The van der Waals surface area contributed by atoms with Crippen molar-refractivity contribution in [2.45, 2.75) is 20.3 Å². The van der Waals surface area contributed by atoms with Crippen molar-refractivity contribution in [3.8, 4) is 0 Å². The highest BCUT2D eigenvalue weighted by Crippen LogP contribution is 2.21. The predicted molar refractivity (Wildman–Crippen MR) is 84.5 cm³/mol. The summed E-state index contributed by atoms with van der Waals surface area (Å²) in [7, 11) is 0. The maximum atomic E-state index is 11.7. The molecule has 1 atom stereocenters. The molecule has 6 heteroatoms. The highest BCUT2D eigenvalue weighted by atomic mass is 35.5. The van der Waals surface area contributed by atoms with Crippen molar-refractivity contribution in [2.24, 2.45) is 5.41 Å². The van der Waals surface area contributed by atoms with E-state index in [0.717, 1.165) is 0 Å². The van der Waals surface area contributed by atoms with Gasteiger partial charge in [-0.2, -0.15) is 0 Å². The zero-order valence-corrected chi connectivity index (χ0v) is 13.3. The van der Waals surface area contributed by atoms with E-state index >= 15 is 0 Å². The summed E-state index contributed by atoms with van der Waals surface area (Å²) in [4.78, 5) is 22.8. The summed E-state index contributed by atoms with van der Waals surface area (Å²) in [5.41, 5.74) is -0.276. The molecule has 0 spiro atoms. The number of rotatable bonds is 6. The van der Waals surface area contributed by atoms with Gasteiger partial charge in [0.15, 0.2) is 0 Å². The molecule has 1 rings (SSSR count). The van der Waals surface area contributed by atoms with Crippen molar-refractivity contribution in [3.63, 3.8) is 0 Å². The monoisotopic (exact) mass is 329 g/mol. The summed E-state index contributed by atoms with van der Waals surface area (Å²) in [5, 5.41) is 12.7. The quantitative estimate of drug-likeness (QED) is 0.783. The van der Waals surface area contributed by atoms with E-state index in [0.29, 0.717) is 22.0 Å². The van der Waals surface area contributed by atoms with Gasteiger partial charge in [-0.15, -0.1) is 0 Å². The van der Waals surface area contributed by atoms with Crippen LogP contribution in [-0.2, 0) is 9.59 Å². The molecule has 0 aliphatic rings. The van der Waals surface area contributed by atoms with Gasteiger partial charge < -0.3 is 10.4 Å². The molecule has 0 saturated carbocycles. The molecule has 21 heavy (non-hydrogen) atoms. The molecule has 1 aromatic carbocycles. The minimum Gasteiger partial charge on any atom is -0.481 e. The lowest BCUT2D eigenvalue weighted by Gasteiger charge is -2.22. The van der Waals surface area contributed by atoms with Crippen LogP contribution < -0.4 is 5.32 Å². The van der Waals surface area contributed by atoms with E-state index in [4.69, 9.17) is 28.3 Å². The number of nitrogens with one attached hydrogen (secondary N) is 1.